The van der Waals surface area contributed by atoms with Crippen molar-refractivity contribution < 1.29 is 16.5 Å². The van der Waals surface area contributed by atoms with Crippen LogP contribution in [0.5, 0.6) is 0 Å². The molecule has 2 nitrogen and oxygen atoms in total. The van der Waals surface area contributed by atoms with Crippen molar-refractivity contribution in [1.82, 2.24) is 0 Å². The Morgan fingerprint density at radius 3 is 0.610 bits per heavy atom. The summed E-state index contributed by atoms with van der Waals surface area (Å²) in [5, 5.41) is 0. The molecule has 0 amide bonds. The van der Waals surface area contributed by atoms with Crippen LogP contribution in [0.15, 0.2) is 82.8 Å². The normalized spacial score (nSPS) is 12.2. The van der Waals surface area contributed by atoms with Gasteiger partial charge in [0.05, 0.1) is 22.8 Å². The van der Waals surface area contributed by atoms with Gasteiger partial charge in [-0.25, -0.2) is 4.99 Å². The molecule has 2 rings (SSSR count). The van der Waals surface area contributed by atoms with Crippen LogP contribution >= 0.6 is 0 Å². The molecule has 0 atom stereocenters. The maximum absolute atomic E-state index is 5.48. The Morgan fingerprint density at radius 1 is 0.210 bits per heavy atom. The number of hydrogen-bond donors (Lipinski definition) is 0. The van der Waals surface area contributed by atoms with Crippen LogP contribution < -0.4 is 0 Å². The van der Waals surface area contributed by atoms with Crippen LogP contribution in [0.1, 0.15) is 540 Å². The molecular weight excluding hydrogens is 1310 g/mol. The van der Waals surface area contributed by atoms with Crippen molar-refractivity contribution in [2.75, 3.05) is 0 Å². The molecule has 2 aromatic rings. The van der Waals surface area contributed by atoms with Crippen molar-refractivity contribution in [2.45, 2.75) is 529 Å². The first-order valence-corrected chi connectivity index (χ1v) is 48.1. The quantitative estimate of drug-likeness (QED) is 0.0358. The van der Waals surface area contributed by atoms with Crippen LogP contribution in [0.25, 0.3) is 12.2 Å². The van der Waals surface area contributed by atoms with Crippen molar-refractivity contribution in [3.05, 3.63) is 84.0 Å². The topological polar surface area (TPSA) is 24.7 Å². The molecule has 0 fully saturated rings. The van der Waals surface area contributed by atoms with Crippen LogP contribution in [0.2, 0.25) is 0 Å². The zero-order chi connectivity index (χ0) is 73.9. The van der Waals surface area contributed by atoms with Gasteiger partial charge in [0, 0.05) is 16.5 Å². The van der Waals surface area contributed by atoms with Crippen LogP contribution in [-0.4, -0.2) is 11.4 Å². The molecule has 0 N–H and O–H groups in total. The van der Waals surface area contributed by atoms with Gasteiger partial charge in [-0.05, 0) is 92.8 Å². The summed E-state index contributed by atoms with van der Waals surface area (Å²) in [5.74, 6) is 0. The summed E-state index contributed by atoms with van der Waals surface area (Å²) in [5.41, 5.74) is 6.79. The van der Waals surface area contributed by atoms with E-state index in [4.69, 9.17) is 9.98 Å². The Hall–Kier alpha value is -2.51. The molecule has 0 aliphatic rings. The predicted octanol–water partition coefficient (Wildman–Crippen LogP) is 37.6. The second-order valence-electron chi connectivity index (χ2n) is 33.3. The second-order valence-corrected chi connectivity index (χ2v) is 33.3. The second kappa shape index (κ2) is 85.5. The number of nitrogens with zero attached hydrogens (tertiary/aromatic N) is 2. The Kier molecular flexibility index (Phi) is 81.8. The van der Waals surface area contributed by atoms with E-state index in [0.29, 0.717) is 0 Å². The third-order valence-corrected chi connectivity index (χ3v) is 22.9. The molecular formula is C102H182N2Ni. The third-order valence-electron chi connectivity index (χ3n) is 22.9. The fourth-order valence-electron chi connectivity index (χ4n) is 15.7. The summed E-state index contributed by atoms with van der Waals surface area (Å²) >= 11 is 0. The molecule has 0 aliphatic carbocycles. The van der Waals surface area contributed by atoms with Crippen LogP contribution in [0.4, 0.5) is 11.4 Å². The van der Waals surface area contributed by atoms with Gasteiger partial charge in [-0.1, -0.05) is 532 Å². The largest absolute Gasteiger partial charge is 0.251 e. The van der Waals surface area contributed by atoms with Gasteiger partial charge in [0.25, 0.3) is 0 Å². The van der Waals surface area contributed by atoms with E-state index < -0.39 is 0 Å². The molecule has 105 heavy (non-hydrogen) atoms. The molecule has 2 aromatic carbocycles. The molecule has 0 aromatic heterocycles. The Bertz CT molecular complexity index is 2140. The molecule has 3 heteroatoms. The first-order valence-electron chi connectivity index (χ1n) is 48.1. The van der Waals surface area contributed by atoms with Gasteiger partial charge in [0.15, 0.2) is 0 Å². The van der Waals surface area contributed by atoms with Crippen molar-refractivity contribution >= 4 is 35.0 Å². The third kappa shape index (κ3) is 72.8. The zero-order valence-corrected chi connectivity index (χ0v) is 72.4. The van der Waals surface area contributed by atoms with E-state index in [0.717, 1.165) is 42.1 Å². The van der Waals surface area contributed by atoms with Crippen molar-refractivity contribution in [3.63, 3.8) is 0 Å². The summed E-state index contributed by atoms with van der Waals surface area (Å²) in [6, 6.07) is 18.1. The molecule has 0 unspecified atom stereocenters. The van der Waals surface area contributed by atoms with Gasteiger partial charge < -0.3 is 0 Å². The fourth-order valence-corrected chi connectivity index (χ4v) is 15.7. The SMILES string of the molecule is CCCCCCCCCCCCCCCCCCCCCCC=CC(=Nc1ccc(C=CCCCCCCCCCCCCCCCCCCCCCCCCCC)cc1)C(CCCCCCCC)=Nc1ccc(C=CCCCCCCCCCCCCCCCCCCCCCCCCCC)cc1.[Ni]. The van der Waals surface area contributed by atoms with E-state index in [-0.39, 0.29) is 16.5 Å². The van der Waals surface area contributed by atoms with E-state index in [1.54, 1.807) is 0 Å². The summed E-state index contributed by atoms with van der Waals surface area (Å²) in [4.78, 5) is 10.9. The van der Waals surface area contributed by atoms with Gasteiger partial charge in [0.1, 0.15) is 0 Å². The van der Waals surface area contributed by atoms with Crippen molar-refractivity contribution in [3.8, 4) is 0 Å². The van der Waals surface area contributed by atoms with E-state index in [2.05, 4.69) is 113 Å². The molecule has 0 bridgehead atoms. The minimum absolute atomic E-state index is 0. The van der Waals surface area contributed by atoms with Crippen LogP contribution in [-0.2, 0) is 16.5 Å². The monoisotopic (exact) mass is 1490 g/mol. The molecule has 0 saturated heterocycles. The number of allylic oxidation sites excluding steroid dienone is 4. The average Bonchev–Trinajstić information content (AvgIpc) is 0.863. The minimum atomic E-state index is 0. The maximum Gasteiger partial charge on any atom is 0.0848 e. The van der Waals surface area contributed by atoms with E-state index in [9.17, 15) is 0 Å². The maximum atomic E-state index is 5.48. The summed E-state index contributed by atoms with van der Waals surface area (Å²) in [6.45, 7) is 9.27. The van der Waals surface area contributed by atoms with E-state index >= 15 is 0 Å². The molecule has 0 radical (unpaired) electrons. The fraction of sp³-hybridized carbons (Fsp3) is 0.804. The van der Waals surface area contributed by atoms with Crippen molar-refractivity contribution in [1.29, 1.82) is 0 Å². The van der Waals surface area contributed by atoms with Gasteiger partial charge >= 0.3 is 0 Å². The minimum Gasteiger partial charge on any atom is -0.251 e. The molecule has 0 aliphatic heterocycles. The first kappa shape index (κ1) is 101. The van der Waals surface area contributed by atoms with Crippen LogP contribution in [0, 0.1) is 0 Å². The zero-order valence-electron chi connectivity index (χ0n) is 71.4. The molecule has 610 valence electrons. The Balaban J connectivity index is 0.0000551. The van der Waals surface area contributed by atoms with E-state index in [1.807, 2.05) is 0 Å². The van der Waals surface area contributed by atoms with Gasteiger partial charge in [-0.15, -0.1) is 0 Å². The number of aliphatic imine (C=N–C) groups is 2. The Morgan fingerprint density at radius 2 is 0.390 bits per heavy atom. The summed E-state index contributed by atoms with van der Waals surface area (Å²) < 4.78 is 0. The summed E-state index contributed by atoms with van der Waals surface area (Å²) in [7, 11) is 0. The number of unbranched alkanes of at least 4 members (excludes halogenated alkanes) is 73. The Labute approximate surface area is 669 Å². The molecule has 0 heterocycles. The average molecular weight is 1500 g/mol. The molecule has 0 saturated carbocycles. The van der Waals surface area contributed by atoms with Crippen LogP contribution in [0.3, 0.4) is 0 Å². The number of benzene rings is 2. The standard InChI is InChI=1S/C102H182N2.Ni/c1-5-9-13-17-21-24-27-30-33-36-39-42-45-47-49-51-53-56-59-62-65-68-71-74-77-81-85-97-89-93-99(94-90-97)103-101(87-83-79-20-16-12-8-4)102(88-84-80-76-73-70-67-64-61-58-55-44-41-38-35-32-29-26-23-19-15-11-7-3)104-100-95-91-98(92-96-100)86-82-78-75-72-69-66-63-60-57-54-52-50-48-46-43-40-37-34-31-28-25-22-18-14-10-6-2;/h81-82,84-86,88-96H,5-80,83,87H2,1-4H3;. The molecule has 0 spiro atoms. The predicted molar refractivity (Wildman–Crippen MR) is 477 cm³/mol. The van der Waals surface area contributed by atoms with Gasteiger partial charge in [-0.2, -0.15) is 0 Å². The van der Waals surface area contributed by atoms with Crippen molar-refractivity contribution in [2.24, 2.45) is 9.98 Å². The van der Waals surface area contributed by atoms with Gasteiger partial charge in [0.2, 0.25) is 0 Å². The number of rotatable bonds is 84. The van der Waals surface area contributed by atoms with Gasteiger partial charge in [-0.3, -0.25) is 4.99 Å². The number of hydrogen-bond acceptors (Lipinski definition) is 2. The summed E-state index contributed by atoms with van der Waals surface area (Å²) in [6.07, 6.45) is 124. The smallest absolute Gasteiger partial charge is 0.0848 e. The van der Waals surface area contributed by atoms with E-state index in [1.165, 1.54) is 493 Å². The first-order chi connectivity index (χ1) is 51.7.